The van der Waals surface area contributed by atoms with Crippen molar-refractivity contribution in [3.8, 4) is 11.3 Å². The first-order valence-electron chi connectivity index (χ1n) is 5.10. The Morgan fingerprint density at radius 2 is 2.20 bits per heavy atom. The van der Waals surface area contributed by atoms with E-state index in [1.807, 2.05) is 30.9 Å². The SMILES string of the molecule is Cc1[nH][n+](C)cc1-c1cc(C(C)C)no1. The van der Waals surface area contributed by atoms with Crippen LogP contribution in [0.1, 0.15) is 31.2 Å². The zero-order chi connectivity index (χ0) is 11.0. The summed E-state index contributed by atoms with van der Waals surface area (Å²) >= 11 is 0. The fourth-order valence-corrected chi connectivity index (χ4v) is 1.58. The van der Waals surface area contributed by atoms with Gasteiger partial charge in [-0.3, -0.25) is 0 Å². The van der Waals surface area contributed by atoms with Gasteiger partial charge < -0.3 is 4.52 Å². The standard InChI is InChI=1S/C11H15N3O/c1-7(2)10-5-11(15-13-10)9-6-14(4)12-8(9)3/h5-7H,1-4H3/p+1. The molecule has 1 N–H and O–H groups in total. The first kappa shape index (κ1) is 9.96. The Morgan fingerprint density at radius 1 is 1.47 bits per heavy atom. The molecule has 2 aromatic heterocycles. The second kappa shape index (κ2) is 3.53. The van der Waals surface area contributed by atoms with Crippen LogP contribution in [0.3, 0.4) is 0 Å². The topological polar surface area (TPSA) is 45.7 Å². The van der Waals surface area contributed by atoms with Crippen LogP contribution in [0, 0.1) is 6.92 Å². The van der Waals surface area contributed by atoms with E-state index < -0.39 is 0 Å². The molecule has 2 rings (SSSR count). The summed E-state index contributed by atoms with van der Waals surface area (Å²) in [5.74, 6) is 1.23. The smallest absolute Gasteiger partial charge is 0.206 e. The number of aryl methyl sites for hydroxylation is 2. The number of rotatable bonds is 2. The van der Waals surface area contributed by atoms with Gasteiger partial charge in [0.2, 0.25) is 6.20 Å². The van der Waals surface area contributed by atoms with Gasteiger partial charge in [-0.15, -0.1) is 4.68 Å². The number of aromatic amines is 1. The van der Waals surface area contributed by atoms with E-state index in [2.05, 4.69) is 24.1 Å². The number of hydrogen-bond acceptors (Lipinski definition) is 2. The van der Waals surface area contributed by atoms with E-state index in [-0.39, 0.29) is 0 Å². The zero-order valence-corrected chi connectivity index (χ0v) is 9.53. The summed E-state index contributed by atoms with van der Waals surface area (Å²) in [5.41, 5.74) is 3.15. The van der Waals surface area contributed by atoms with Crippen molar-refractivity contribution in [1.29, 1.82) is 0 Å². The van der Waals surface area contributed by atoms with E-state index in [9.17, 15) is 0 Å². The molecule has 2 aromatic rings. The molecule has 0 spiro atoms. The maximum Gasteiger partial charge on any atom is 0.206 e. The molecule has 0 aliphatic heterocycles. The van der Waals surface area contributed by atoms with Gasteiger partial charge in [0.05, 0.1) is 11.4 Å². The van der Waals surface area contributed by atoms with E-state index in [1.165, 1.54) is 0 Å². The molecule has 0 bridgehead atoms. The molecule has 0 saturated heterocycles. The molecule has 0 fully saturated rings. The molecule has 0 radical (unpaired) electrons. The predicted molar refractivity (Wildman–Crippen MR) is 56.3 cm³/mol. The van der Waals surface area contributed by atoms with E-state index in [0.717, 1.165) is 22.7 Å². The first-order chi connectivity index (χ1) is 7.08. The van der Waals surface area contributed by atoms with Crippen molar-refractivity contribution in [3.05, 3.63) is 23.7 Å². The lowest BCUT2D eigenvalue weighted by molar-refractivity contribution is -0.727. The van der Waals surface area contributed by atoms with Crippen molar-refractivity contribution in [2.45, 2.75) is 26.7 Å². The lowest BCUT2D eigenvalue weighted by Gasteiger charge is -1.93. The Bertz CT molecular complexity index is 468. The van der Waals surface area contributed by atoms with Crippen LogP contribution in [-0.4, -0.2) is 10.3 Å². The van der Waals surface area contributed by atoms with Crippen molar-refractivity contribution in [2.75, 3.05) is 0 Å². The van der Waals surface area contributed by atoms with Gasteiger partial charge in [-0.05, 0) is 12.8 Å². The molecule has 80 valence electrons. The van der Waals surface area contributed by atoms with Crippen molar-refractivity contribution in [1.82, 2.24) is 10.3 Å². The third kappa shape index (κ3) is 1.79. The summed E-state index contributed by atoms with van der Waals surface area (Å²) < 4.78 is 7.23. The number of H-pyrrole nitrogens is 1. The Balaban J connectivity index is 2.41. The van der Waals surface area contributed by atoms with E-state index in [4.69, 9.17) is 4.52 Å². The molecule has 0 aliphatic rings. The van der Waals surface area contributed by atoms with Gasteiger partial charge in [0, 0.05) is 6.07 Å². The molecule has 0 unspecified atom stereocenters. The molecule has 0 aliphatic carbocycles. The van der Waals surface area contributed by atoms with Crippen molar-refractivity contribution >= 4 is 0 Å². The Morgan fingerprint density at radius 3 is 2.67 bits per heavy atom. The zero-order valence-electron chi connectivity index (χ0n) is 9.53. The van der Waals surface area contributed by atoms with Crippen LogP contribution >= 0.6 is 0 Å². The second-order valence-electron chi connectivity index (χ2n) is 4.16. The fourth-order valence-electron chi connectivity index (χ4n) is 1.58. The number of nitrogens with one attached hydrogen (secondary N) is 1. The second-order valence-corrected chi connectivity index (χ2v) is 4.16. The molecule has 0 amide bonds. The Kier molecular flexibility index (Phi) is 2.34. The highest BCUT2D eigenvalue weighted by atomic mass is 16.5. The summed E-state index contributed by atoms with van der Waals surface area (Å²) in [6, 6.07) is 2.00. The van der Waals surface area contributed by atoms with E-state index in [0.29, 0.717) is 5.92 Å². The molecular weight excluding hydrogens is 190 g/mol. The fraction of sp³-hybridized carbons (Fsp3) is 0.455. The maximum atomic E-state index is 5.32. The highest BCUT2D eigenvalue weighted by Crippen LogP contribution is 2.24. The van der Waals surface area contributed by atoms with Crippen molar-refractivity contribution in [3.63, 3.8) is 0 Å². The van der Waals surface area contributed by atoms with Gasteiger partial charge in [0.1, 0.15) is 5.56 Å². The first-order valence-corrected chi connectivity index (χ1v) is 5.10. The van der Waals surface area contributed by atoms with Crippen LogP contribution in [0.5, 0.6) is 0 Å². The molecule has 4 nitrogen and oxygen atoms in total. The summed E-state index contributed by atoms with van der Waals surface area (Å²) in [6.45, 7) is 6.23. The monoisotopic (exact) mass is 206 g/mol. The third-order valence-electron chi connectivity index (χ3n) is 2.46. The summed E-state index contributed by atoms with van der Waals surface area (Å²) in [5, 5.41) is 7.22. The van der Waals surface area contributed by atoms with Gasteiger partial charge in [0.25, 0.3) is 0 Å². The van der Waals surface area contributed by atoms with Crippen LogP contribution in [-0.2, 0) is 7.05 Å². The van der Waals surface area contributed by atoms with Gasteiger partial charge in [-0.25, -0.2) is 0 Å². The molecule has 15 heavy (non-hydrogen) atoms. The predicted octanol–water partition coefficient (Wildman–Crippen LogP) is 1.93. The molecule has 4 heteroatoms. The molecular formula is C11H16N3O+. The average Bonchev–Trinajstić information content (AvgIpc) is 2.71. The molecule has 0 atom stereocenters. The minimum absolute atomic E-state index is 0.399. The minimum Gasteiger partial charge on any atom is -0.356 e. The van der Waals surface area contributed by atoms with Crippen molar-refractivity contribution in [2.24, 2.45) is 7.05 Å². The van der Waals surface area contributed by atoms with E-state index >= 15 is 0 Å². The van der Waals surface area contributed by atoms with Gasteiger partial charge in [-0.2, -0.15) is 5.10 Å². The highest BCUT2D eigenvalue weighted by molar-refractivity contribution is 5.58. The van der Waals surface area contributed by atoms with Crippen LogP contribution in [0.25, 0.3) is 11.3 Å². The summed E-state index contributed by atoms with van der Waals surface area (Å²) in [6.07, 6.45) is 2.00. The Hall–Kier alpha value is -1.58. The van der Waals surface area contributed by atoms with Gasteiger partial charge in [-0.1, -0.05) is 19.0 Å². The summed E-state index contributed by atoms with van der Waals surface area (Å²) in [4.78, 5) is 0. The average molecular weight is 206 g/mol. The number of aromatic nitrogens is 3. The van der Waals surface area contributed by atoms with E-state index in [1.54, 1.807) is 0 Å². The molecule has 2 heterocycles. The molecule has 0 saturated carbocycles. The maximum absolute atomic E-state index is 5.32. The lowest BCUT2D eigenvalue weighted by Crippen LogP contribution is -2.28. The van der Waals surface area contributed by atoms with Crippen LogP contribution in [0.15, 0.2) is 16.8 Å². The normalized spacial score (nSPS) is 11.3. The third-order valence-corrected chi connectivity index (χ3v) is 2.46. The van der Waals surface area contributed by atoms with Crippen LogP contribution in [0.4, 0.5) is 0 Å². The Labute approximate surface area is 88.9 Å². The van der Waals surface area contributed by atoms with Gasteiger partial charge in [0.15, 0.2) is 12.8 Å². The highest BCUT2D eigenvalue weighted by Gasteiger charge is 2.16. The van der Waals surface area contributed by atoms with Gasteiger partial charge >= 0.3 is 0 Å². The molecule has 0 aromatic carbocycles. The minimum atomic E-state index is 0.399. The van der Waals surface area contributed by atoms with Crippen molar-refractivity contribution < 1.29 is 9.20 Å². The number of hydrogen-bond donors (Lipinski definition) is 1. The lowest BCUT2D eigenvalue weighted by atomic mass is 10.1. The number of nitrogens with zero attached hydrogens (tertiary/aromatic N) is 2. The largest absolute Gasteiger partial charge is 0.356 e. The summed E-state index contributed by atoms with van der Waals surface area (Å²) in [7, 11) is 1.95. The quantitative estimate of drug-likeness (QED) is 0.763. The van der Waals surface area contributed by atoms with Crippen LogP contribution < -0.4 is 4.68 Å². The van der Waals surface area contributed by atoms with Crippen LogP contribution in [0.2, 0.25) is 0 Å².